The molecule has 0 bridgehead atoms. The predicted octanol–water partition coefficient (Wildman–Crippen LogP) is 0.783. The van der Waals surface area contributed by atoms with Gasteiger partial charge in [0.15, 0.2) is 0 Å². The van der Waals surface area contributed by atoms with Gasteiger partial charge in [-0.3, -0.25) is 4.90 Å². The molecule has 1 aliphatic rings. The summed E-state index contributed by atoms with van der Waals surface area (Å²) >= 11 is 0. The Morgan fingerprint density at radius 3 is 2.64 bits per heavy atom. The lowest BCUT2D eigenvalue weighted by Gasteiger charge is -2.31. The highest BCUT2D eigenvalue weighted by molar-refractivity contribution is 4.80. The lowest BCUT2D eigenvalue weighted by atomic mass is 10.2. The SMILES string of the molecule is CC(C)N(CCO)CC1CCCN1C. The van der Waals surface area contributed by atoms with Crippen molar-refractivity contribution >= 4 is 0 Å². The second-order valence-electron chi connectivity index (χ2n) is 4.59. The van der Waals surface area contributed by atoms with Gasteiger partial charge >= 0.3 is 0 Å². The highest BCUT2D eigenvalue weighted by atomic mass is 16.3. The number of aliphatic hydroxyl groups is 1. The van der Waals surface area contributed by atoms with E-state index in [9.17, 15) is 0 Å². The van der Waals surface area contributed by atoms with Crippen LogP contribution in [0.4, 0.5) is 0 Å². The zero-order valence-corrected chi connectivity index (χ0v) is 9.74. The first-order valence-corrected chi connectivity index (χ1v) is 5.70. The third-order valence-corrected chi connectivity index (χ3v) is 3.23. The van der Waals surface area contributed by atoms with E-state index >= 15 is 0 Å². The quantitative estimate of drug-likeness (QED) is 0.710. The number of rotatable bonds is 5. The van der Waals surface area contributed by atoms with E-state index in [1.165, 1.54) is 19.4 Å². The van der Waals surface area contributed by atoms with E-state index < -0.39 is 0 Å². The molecule has 0 aromatic rings. The minimum Gasteiger partial charge on any atom is -0.395 e. The van der Waals surface area contributed by atoms with E-state index in [0.29, 0.717) is 12.1 Å². The number of hydrogen-bond acceptors (Lipinski definition) is 3. The van der Waals surface area contributed by atoms with Crippen molar-refractivity contribution in [2.24, 2.45) is 0 Å². The van der Waals surface area contributed by atoms with Crippen LogP contribution in [0.2, 0.25) is 0 Å². The van der Waals surface area contributed by atoms with Crippen LogP contribution in [0.1, 0.15) is 26.7 Å². The van der Waals surface area contributed by atoms with Gasteiger partial charge in [-0.15, -0.1) is 0 Å². The summed E-state index contributed by atoms with van der Waals surface area (Å²) in [4.78, 5) is 4.80. The third-order valence-electron chi connectivity index (χ3n) is 3.23. The molecular weight excluding hydrogens is 176 g/mol. The van der Waals surface area contributed by atoms with Gasteiger partial charge < -0.3 is 10.0 Å². The smallest absolute Gasteiger partial charge is 0.0558 e. The Morgan fingerprint density at radius 1 is 1.50 bits per heavy atom. The summed E-state index contributed by atoms with van der Waals surface area (Å²) in [5.41, 5.74) is 0. The Morgan fingerprint density at radius 2 is 2.21 bits per heavy atom. The molecule has 1 unspecified atom stereocenters. The summed E-state index contributed by atoms with van der Waals surface area (Å²) < 4.78 is 0. The summed E-state index contributed by atoms with van der Waals surface area (Å²) in [7, 11) is 2.20. The number of likely N-dealkylation sites (tertiary alicyclic amines) is 1. The lowest BCUT2D eigenvalue weighted by Crippen LogP contribution is -2.43. The van der Waals surface area contributed by atoms with E-state index in [1.54, 1.807) is 0 Å². The maximum atomic E-state index is 8.97. The molecule has 0 aromatic heterocycles. The first kappa shape index (κ1) is 12.0. The first-order valence-electron chi connectivity index (χ1n) is 5.70. The second kappa shape index (κ2) is 5.69. The van der Waals surface area contributed by atoms with E-state index in [4.69, 9.17) is 5.11 Å². The Balaban J connectivity index is 2.37. The van der Waals surface area contributed by atoms with Crippen LogP contribution in [0.15, 0.2) is 0 Å². The Kier molecular flexibility index (Phi) is 4.85. The molecule has 1 N–H and O–H groups in total. The van der Waals surface area contributed by atoms with Gasteiger partial charge in [-0.1, -0.05) is 0 Å². The van der Waals surface area contributed by atoms with Crippen molar-refractivity contribution in [3.05, 3.63) is 0 Å². The zero-order chi connectivity index (χ0) is 10.6. The summed E-state index contributed by atoms with van der Waals surface area (Å²) in [5, 5.41) is 8.97. The highest BCUT2D eigenvalue weighted by Gasteiger charge is 2.23. The monoisotopic (exact) mass is 200 g/mol. The second-order valence-corrected chi connectivity index (χ2v) is 4.59. The molecule has 1 saturated heterocycles. The molecule has 1 rings (SSSR count). The predicted molar refractivity (Wildman–Crippen MR) is 59.4 cm³/mol. The van der Waals surface area contributed by atoms with E-state index in [-0.39, 0.29) is 6.61 Å². The molecule has 14 heavy (non-hydrogen) atoms. The minimum absolute atomic E-state index is 0.272. The van der Waals surface area contributed by atoms with Crippen LogP contribution in [0, 0.1) is 0 Å². The van der Waals surface area contributed by atoms with Gasteiger partial charge in [0.2, 0.25) is 0 Å². The van der Waals surface area contributed by atoms with Crippen LogP contribution in [0.3, 0.4) is 0 Å². The average molecular weight is 200 g/mol. The average Bonchev–Trinajstić information content (AvgIpc) is 2.51. The molecule has 1 atom stereocenters. The Labute approximate surface area is 87.7 Å². The van der Waals surface area contributed by atoms with Crippen LogP contribution >= 0.6 is 0 Å². The van der Waals surface area contributed by atoms with Gasteiger partial charge in [-0.05, 0) is 40.3 Å². The molecule has 3 heteroatoms. The van der Waals surface area contributed by atoms with Crippen molar-refractivity contribution < 1.29 is 5.11 Å². The maximum Gasteiger partial charge on any atom is 0.0558 e. The molecule has 1 aliphatic heterocycles. The molecule has 0 aromatic carbocycles. The third kappa shape index (κ3) is 3.23. The van der Waals surface area contributed by atoms with Crippen LogP contribution in [0.5, 0.6) is 0 Å². The molecule has 0 radical (unpaired) electrons. The number of aliphatic hydroxyl groups excluding tert-OH is 1. The Hall–Kier alpha value is -0.120. The molecule has 1 heterocycles. The number of likely N-dealkylation sites (N-methyl/N-ethyl adjacent to an activating group) is 1. The molecule has 3 nitrogen and oxygen atoms in total. The van der Waals surface area contributed by atoms with Crippen molar-refractivity contribution in [2.45, 2.75) is 38.8 Å². The van der Waals surface area contributed by atoms with Crippen molar-refractivity contribution in [1.29, 1.82) is 0 Å². The van der Waals surface area contributed by atoms with E-state index in [0.717, 1.165) is 13.1 Å². The normalized spacial score (nSPS) is 24.0. The maximum absolute atomic E-state index is 8.97. The van der Waals surface area contributed by atoms with Crippen LogP contribution in [0.25, 0.3) is 0 Å². The van der Waals surface area contributed by atoms with E-state index in [2.05, 4.69) is 30.7 Å². The molecule has 0 amide bonds. The number of hydrogen-bond donors (Lipinski definition) is 1. The fraction of sp³-hybridized carbons (Fsp3) is 1.00. The van der Waals surface area contributed by atoms with E-state index in [1.807, 2.05) is 0 Å². The van der Waals surface area contributed by atoms with Gasteiger partial charge in [-0.25, -0.2) is 0 Å². The van der Waals surface area contributed by atoms with Crippen LogP contribution in [-0.4, -0.2) is 60.3 Å². The van der Waals surface area contributed by atoms with Crippen molar-refractivity contribution in [1.82, 2.24) is 9.80 Å². The highest BCUT2D eigenvalue weighted by Crippen LogP contribution is 2.16. The summed E-state index contributed by atoms with van der Waals surface area (Å²) in [6.07, 6.45) is 2.64. The van der Waals surface area contributed by atoms with Gasteiger partial charge in [0, 0.05) is 25.2 Å². The molecular formula is C11H24N2O. The molecule has 0 saturated carbocycles. The fourth-order valence-electron chi connectivity index (χ4n) is 2.17. The van der Waals surface area contributed by atoms with Crippen LogP contribution < -0.4 is 0 Å². The molecule has 0 aliphatic carbocycles. The fourth-order valence-corrected chi connectivity index (χ4v) is 2.17. The van der Waals surface area contributed by atoms with Crippen molar-refractivity contribution in [3.8, 4) is 0 Å². The van der Waals surface area contributed by atoms with Gasteiger partial charge in [0.1, 0.15) is 0 Å². The number of nitrogens with zero attached hydrogens (tertiary/aromatic N) is 2. The standard InChI is InChI=1S/C11H24N2O/c1-10(2)13(7-8-14)9-11-5-4-6-12(11)3/h10-11,14H,4-9H2,1-3H3. The van der Waals surface area contributed by atoms with Crippen molar-refractivity contribution in [3.63, 3.8) is 0 Å². The largest absolute Gasteiger partial charge is 0.395 e. The topological polar surface area (TPSA) is 26.7 Å². The molecule has 1 fully saturated rings. The lowest BCUT2D eigenvalue weighted by molar-refractivity contribution is 0.131. The summed E-state index contributed by atoms with van der Waals surface area (Å²) in [5.74, 6) is 0. The Bertz CT molecular complexity index is 161. The summed E-state index contributed by atoms with van der Waals surface area (Å²) in [6, 6.07) is 1.24. The van der Waals surface area contributed by atoms with Gasteiger partial charge in [-0.2, -0.15) is 0 Å². The van der Waals surface area contributed by atoms with Crippen LogP contribution in [-0.2, 0) is 0 Å². The molecule has 0 spiro atoms. The zero-order valence-electron chi connectivity index (χ0n) is 9.74. The van der Waals surface area contributed by atoms with Gasteiger partial charge in [0.25, 0.3) is 0 Å². The van der Waals surface area contributed by atoms with Crippen molar-refractivity contribution in [2.75, 3.05) is 33.3 Å². The first-order chi connectivity index (χ1) is 6.65. The summed E-state index contributed by atoms with van der Waals surface area (Å²) in [6.45, 7) is 7.82. The molecule has 84 valence electrons. The van der Waals surface area contributed by atoms with Gasteiger partial charge in [0.05, 0.1) is 6.61 Å². The minimum atomic E-state index is 0.272.